The van der Waals surface area contributed by atoms with Gasteiger partial charge >= 0.3 is 0 Å². The van der Waals surface area contributed by atoms with E-state index in [0.717, 1.165) is 33.8 Å². The molecule has 6 nitrogen and oxygen atoms in total. The molecular formula is C33H25N5O. The van der Waals surface area contributed by atoms with E-state index in [-0.39, 0.29) is 6.17 Å². The summed E-state index contributed by atoms with van der Waals surface area (Å²) < 4.78 is -0.675. The van der Waals surface area contributed by atoms with E-state index in [0.29, 0.717) is 17.1 Å². The highest BCUT2D eigenvalue weighted by molar-refractivity contribution is 6.00. The van der Waals surface area contributed by atoms with Crippen molar-refractivity contribution in [2.75, 3.05) is 4.90 Å². The van der Waals surface area contributed by atoms with Gasteiger partial charge in [0.05, 0.1) is 11.1 Å². The fourth-order valence-corrected chi connectivity index (χ4v) is 5.45. The van der Waals surface area contributed by atoms with Crippen LogP contribution in [-0.2, 0) is 0 Å². The van der Waals surface area contributed by atoms with Gasteiger partial charge in [-0.1, -0.05) is 36.4 Å². The summed E-state index contributed by atoms with van der Waals surface area (Å²) in [5, 5.41) is 18.1. The van der Waals surface area contributed by atoms with Crippen molar-refractivity contribution in [1.29, 1.82) is 0 Å². The van der Waals surface area contributed by atoms with Gasteiger partial charge in [0.25, 0.3) is 0 Å². The molecule has 188 valence electrons. The number of aromatic nitrogens is 1. The van der Waals surface area contributed by atoms with Crippen molar-refractivity contribution >= 4 is 40.3 Å². The third kappa shape index (κ3) is 3.82. The predicted octanol–water partition coefficient (Wildman–Crippen LogP) is 8.19. The molecule has 0 saturated carbocycles. The highest BCUT2D eigenvalue weighted by Crippen LogP contribution is 2.57. The molecule has 0 aliphatic carbocycles. The summed E-state index contributed by atoms with van der Waals surface area (Å²) in [4.78, 5) is 11.1. The van der Waals surface area contributed by atoms with Gasteiger partial charge in [0.2, 0.25) is 0 Å². The van der Waals surface area contributed by atoms with Crippen LogP contribution in [0.15, 0.2) is 139 Å². The van der Waals surface area contributed by atoms with Crippen molar-refractivity contribution in [3.8, 4) is 11.1 Å². The van der Waals surface area contributed by atoms with Crippen molar-refractivity contribution in [3.05, 3.63) is 145 Å². The number of para-hydroxylation sites is 2. The number of allylic oxidation sites excluding steroid dienone is 1. The molecule has 3 heterocycles. The van der Waals surface area contributed by atoms with Crippen LogP contribution in [0.25, 0.3) is 11.1 Å². The SMILES string of the molecule is [O-][N+]1(c2ccc(C3N=CC=CN3)cc2)c2ccncc2-c2cc(N(c3ccccc3)c3ccccc3)ccc21. The van der Waals surface area contributed by atoms with Crippen molar-refractivity contribution in [2.24, 2.45) is 4.99 Å². The number of pyridine rings is 1. The number of fused-ring (bicyclic) bond motifs is 3. The second-order valence-electron chi connectivity index (χ2n) is 9.53. The van der Waals surface area contributed by atoms with Gasteiger partial charge in [-0.05, 0) is 66.4 Å². The Morgan fingerprint density at radius 2 is 1.41 bits per heavy atom. The number of benzene rings is 4. The summed E-state index contributed by atoms with van der Waals surface area (Å²) in [5.74, 6) is 0. The van der Waals surface area contributed by atoms with Crippen LogP contribution in [0.3, 0.4) is 0 Å². The van der Waals surface area contributed by atoms with Crippen molar-refractivity contribution < 1.29 is 0 Å². The molecule has 2 aliphatic heterocycles. The van der Waals surface area contributed by atoms with Crippen LogP contribution in [0.5, 0.6) is 0 Å². The van der Waals surface area contributed by atoms with Crippen molar-refractivity contribution in [1.82, 2.24) is 14.9 Å². The molecule has 1 N–H and O–H groups in total. The molecule has 7 rings (SSSR count). The van der Waals surface area contributed by atoms with Gasteiger partial charge in [0.1, 0.15) is 11.9 Å². The van der Waals surface area contributed by atoms with Crippen LogP contribution < -0.4 is 14.9 Å². The lowest BCUT2D eigenvalue weighted by Gasteiger charge is -2.38. The number of quaternary nitrogens is 1. The van der Waals surface area contributed by atoms with E-state index in [1.165, 1.54) is 0 Å². The van der Waals surface area contributed by atoms with Crippen LogP contribution in [0.4, 0.5) is 34.1 Å². The highest BCUT2D eigenvalue weighted by Gasteiger charge is 2.40. The van der Waals surface area contributed by atoms with Crippen LogP contribution in [0, 0.1) is 5.21 Å². The van der Waals surface area contributed by atoms with Crippen molar-refractivity contribution in [2.45, 2.75) is 6.17 Å². The van der Waals surface area contributed by atoms with Gasteiger partial charge in [0, 0.05) is 59.9 Å². The third-order valence-electron chi connectivity index (χ3n) is 7.28. The summed E-state index contributed by atoms with van der Waals surface area (Å²) >= 11 is 0. The molecule has 2 unspecified atom stereocenters. The summed E-state index contributed by atoms with van der Waals surface area (Å²) in [7, 11) is 0. The molecule has 0 fully saturated rings. The summed E-state index contributed by atoms with van der Waals surface area (Å²) in [6.45, 7) is 0. The first-order chi connectivity index (χ1) is 19.2. The molecule has 4 aromatic carbocycles. The molecule has 2 aliphatic rings. The first kappa shape index (κ1) is 23.1. The fourth-order valence-electron chi connectivity index (χ4n) is 5.45. The van der Waals surface area contributed by atoms with E-state index in [1.54, 1.807) is 18.6 Å². The zero-order chi connectivity index (χ0) is 26.2. The Labute approximate surface area is 227 Å². The minimum Gasteiger partial charge on any atom is -0.616 e. The lowest BCUT2D eigenvalue weighted by atomic mass is 10.1. The zero-order valence-corrected chi connectivity index (χ0v) is 21.1. The minimum absolute atomic E-state index is 0.156. The molecule has 0 spiro atoms. The third-order valence-corrected chi connectivity index (χ3v) is 7.28. The molecule has 5 aromatic rings. The molecule has 0 amide bonds. The largest absolute Gasteiger partial charge is 0.616 e. The number of nitrogens with zero attached hydrogens (tertiary/aromatic N) is 4. The molecule has 6 heteroatoms. The molecule has 2 atom stereocenters. The molecule has 1 aromatic heterocycles. The van der Waals surface area contributed by atoms with Crippen LogP contribution in [0.2, 0.25) is 0 Å². The van der Waals surface area contributed by atoms with Crippen LogP contribution in [-0.4, -0.2) is 11.2 Å². The maximum absolute atomic E-state index is 14.9. The molecule has 39 heavy (non-hydrogen) atoms. The van der Waals surface area contributed by atoms with Crippen molar-refractivity contribution in [3.63, 3.8) is 0 Å². The summed E-state index contributed by atoms with van der Waals surface area (Å²) in [6.07, 6.45) is 8.85. The average Bonchev–Trinajstić information content (AvgIpc) is 3.27. The molecule has 0 saturated heterocycles. The van der Waals surface area contributed by atoms with Gasteiger partial charge in [-0.15, -0.1) is 0 Å². The van der Waals surface area contributed by atoms with Crippen LogP contribution in [0.1, 0.15) is 11.7 Å². The maximum atomic E-state index is 14.9. The van der Waals surface area contributed by atoms with E-state index in [9.17, 15) is 5.21 Å². The molecular weight excluding hydrogens is 482 g/mol. The van der Waals surface area contributed by atoms with Gasteiger partial charge in [-0.2, -0.15) is 0 Å². The molecule has 0 bridgehead atoms. The number of hydrogen-bond donors (Lipinski definition) is 1. The van der Waals surface area contributed by atoms with Gasteiger partial charge < -0.3 is 15.4 Å². The van der Waals surface area contributed by atoms with Gasteiger partial charge in [-0.3, -0.25) is 14.6 Å². The zero-order valence-electron chi connectivity index (χ0n) is 21.1. The second kappa shape index (κ2) is 9.36. The fraction of sp³-hybridized carbons (Fsp3) is 0.0303. The van der Waals surface area contributed by atoms with Crippen LogP contribution >= 0.6 is 0 Å². The predicted molar refractivity (Wildman–Crippen MR) is 159 cm³/mol. The number of rotatable bonds is 5. The Hall–Kier alpha value is -5.04. The Morgan fingerprint density at radius 1 is 0.718 bits per heavy atom. The minimum atomic E-state index is -0.675. The molecule has 0 radical (unpaired) electrons. The first-order valence-corrected chi connectivity index (χ1v) is 12.9. The highest BCUT2D eigenvalue weighted by atomic mass is 16.5. The van der Waals surface area contributed by atoms with E-state index in [2.05, 4.69) is 50.5 Å². The first-order valence-electron chi connectivity index (χ1n) is 12.9. The smallest absolute Gasteiger partial charge is 0.154 e. The number of hydrogen-bond acceptors (Lipinski definition) is 5. The monoisotopic (exact) mass is 507 g/mol. The second-order valence-corrected chi connectivity index (χ2v) is 9.53. The lowest BCUT2D eigenvalue weighted by molar-refractivity contribution is 0.651. The number of nitrogens with one attached hydrogen (secondary N) is 1. The maximum Gasteiger partial charge on any atom is 0.154 e. The van der Waals surface area contributed by atoms with E-state index in [4.69, 9.17) is 0 Å². The van der Waals surface area contributed by atoms with Gasteiger partial charge in [0.15, 0.2) is 11.4 Å². The normalized spacial score (nSPS) is 18.7. The lowest BCUT2D eigenvalue weighted by Crippen LogP contribution is -2.29. The Balaban J connectivity index is 1.35. The standard InChI is InChI=1S/C33H25N5O/c39-38(28-15-12-24(13-16-28)33-35-19-7-20-36-33)31-17-14-27(22-29(31)30-23-34-21-18-32(30)38)37(25-8-3-1-4-9-25)26-10-5-2-6-11-26/h1-23,33,35H. The van der Waals surface area contributed by atoms with E-state index >= 15 is 0 Å². The summed E-state index contributed by atoms with van der Waals surface area (Å²) in [6, 6.07) is 36.2. The Kier molecular flexibility index (Phi) is 5.55. The number of aliphatic imine (C=N–C) groups is 1. The van der Waals surface area contributed by atoms with Gasteiger partial charge in [-0.25, -0.2) is 0 Å². The van der Waals surface area contributed by atoms with E-state index in [1.807, 2.05) is 91.1 Å². The Morgan fingerprint density at radius 3 is 2.08 bits per heavy atom. The quantitative estimate of drug-likeness (QED) is 0.192. The average molecular weight is 508 g/mol. The van der Waals surface area contributed by atoms with E-state index < -0.39 is 4.65 Å². The number of anilines is 3. The summed E-state index contributed by atoms with van der Waals surface area (Å²) in [5.41, 5.74) is 7.75. The Bertz CT molecular complexity index is 1660. The topological polar surface area (TPSA) is 63.6 Å².